The summed E-state index contributed by atoms with van der Waals surface area (Å²) in [7, 11) is 0. The minimum atomic E-state index is 0.503. The molecule has 1 rings (SSSR count). The molecule has 1 N–H and O–H groups in total. The molecule has 0 saturated heterocycles. The lowest BCUT2D eigenvalue weighted by Crippen LogP contribution is -2.34. The first-order valence-electron chi connectivity index (χ1n) is 4.83. The Kier molecular flexibility index (Phi) is 3.29. The zero-order chi connectivity index (χ0) is 9.84. The van der Waals surface area contributed by atoms with Crippen LogP contribution in [0.25, 0.3) is 0 Å². The third kappa shape index (κ3) is 2.00. The summed E-state index contributed by atoms with van der Waals surface area (Å²) in [6.07, 6.45) is 5.51. The molecule has 0 aliphatic carbocycles. The van der Waals surface area contributed by atoms with Crippen molar-refractivity contribution >= 4 is 6.21 Å². The highest BCUT2D eigenvalue weighted by Gasteiger charge is 2.18. The Balaban J connectivity index is 2.98. The van der Waals surface area contributed by atoms with Gasteiger partial charge in [0.1, 0.15) is 0 Å². The van der Waals surface area contributed by atoms with Crippen molar-refractivity contribution in [2.45, 2.75) is 32.7 Å². The van der Waals surface area contributed by atoms with Crippen molar-refractivity contribution in [3.63, 3.8) is 0 Å². The fourth-order valence-electron chi connectivity index (χ4n) is 1.80. The van der Waals surface area contributed by atoms with Gasteiger partial charge in [-0.05, 0) is 38.3 Å². The van der Waals surface area contributed by atoms with Crippen LogP contribution in [0.1, 0.15) is 26.7 Å². The normalized spacial score (nSPS) is 17.9. The molecule has 1 aliphatic heterocycles. The van der Waals surface area contributed by atoms with Gasteiger partial charge in [-0.15, -0.1) is 0 Å². The van der Waals surface area contributed by atoms with Gasteiger partial charge >= 0.3 is 0 Å². The first-order chi connectivity index (χ1) is 6.20. The molecular weight excluding hydrogens is 160 g/mol. The molecule has 2 heteroatoms. The molecule has 0 unspecified atom stereocenters. The maximum atomic E-state index is 7.30. The zero-order valence-corrected chi connectivity index (χ0v) is 8.51. The molecule has 0 aromatic heterocycles. The number of rotatable bonds is 3. The van der Waals surface area contributed by atoms with E-state index in [0.29, 0.717) is 6.04 Å². The van der Waals surface area contributed by atoms with Crippen molar-refractivity contribution < 1.29 is 0 Å². The summed E-state index contributed by atoms with van der Waals surface area (Å²) in [5.74, 6) is 0. The Bertz CT molecular complexity index is 238. The van der Waals surface area contributed by atoms with E-state index in [2.05, 4.69) is 25.3 Å². The van der Waals surface area contributed by atoms with Crippen molar-refractivity contribution in [2.24, 2.45) is 0 Å². The fourth-order valence-corrected chi connectivity index (χ4v) is 1.80. The summed E-state index contributed by atoms with van der Waals surface area (Å²) in [4.78, 5) is 2.32. The van der Waals surface area contributed by atoms with Crippen LogP contribution in [0.2, 0.25) is 0 Å². The van der Waals surface area contributed by atoms with Gasteiger partial charge in [0.25, 0.3) is 0 Å². The predicted molar refractivity (Wildman–Crippen MR) is 57.1 cm³/mol. The number of allylic oxidation sites excluding steroid dienone is 2. The summed E-state index contributed by atoms with van der Waals surface area (Å²) in [5.41, 5.74) is 2.27. The summed E-state index contributed by atoms with van der Waals surface area (Å²) in [6, 6.07) is 0.503. The molecule has 0 aromatic carbocycles. The summed E-state index contributed by atoms with van der Waals surface area (Å²) in [6.45, 7) is 9.26. The fraction of sp³-hybridized carbons (Fsp3) is 0.545. The van der Waals surface area contributed by atoms with Gasteiger partial charge in [0.2, 0.25) is 0 Å². The molecule has 0 saturated carbocycles. The quantitative estimate of drug-likeness (QED) is 0.661. The van der Waals surface area contributed by atoms with Gasteiger partial charge in [0, 0.05) is 24.5 Å². The molecule has 0 radical (unpaired) electrons. The Morgan fingerprint density at radius 2 is 2.23 bits per heavy atom. The predicted octanol–water partition coefficient (Wildman–Crippen LogP) is 2.58. The van der Waals surface area contributed by atoms with E-state index >= 15 is 0 Å². The highest BCUT2D eigenvalue weighted by atomic mass is 15.2. The van der Waals surface area contributed by atoms with Gasteiger partial charge in [-0.3, -0.25) is 0 Å². The molecular formula is C11H18N2. The third-order valence-corrected chi connectivity index (χ3v) is 2.47. The van der Waals surface area contributed by atoms with E-state index in [9.17, 15) is 0 Å². The molecule has 0 atom stereocenters. The molecule has 0 aromatic rings. The summed E-state index contributed by atoms with van der Waals surface area (Å²) >= 11 is 0. The number of hydrogen-bond donors (Lipinski definition) is 1. The minimum absolute atomic E-state index is 0.503. The first kappa shape index (κ1) is 10.0. The maximum Gasteiger partial charge on any atom is 0.0410 e. The smallest absolute Gasteiger partial charge is 0.0410 e. The molecule has 2 nitrogen and oxygen atoms in total. The number of hydrogen-bond acceptors (Lipinski definition) is 2. The average molecular weight is 178 g/mol. The molecule has 13 heavy (non-hydrogen) atoms. The molecule has 72 valence electrons. The van der Waals surface area contributed by atoms with Gasteiger partial charge in [0.15, 0.2) is 0 Å². The van der Waals surface area contributed by atoms with E-state index in [-0.39, 0.29) is 0 Å². The van der Waals surface area contributed by atoms with E-state index in [0.717, 1.165) is 30.7 Å². The Morgan fingerprint density at radius 3 is 2.69 bits per heavy atom. The second-order valence-electron chi connectivity index (χ2n) is 3.65. The largest absolute Gasteiger partial charge is 0.369 e. The topological polar surface area (TPSA) is 27.1 Å². The lowest BCUT2D eigenvalue weighted by molar-refractivity contribution is 0.274. The van der Waals surface area contributed by atoms with Crippen LogP contribution in [0.15, 0.2) is 23.9 Å². The van der Waals surface area contributed by atoms with E-state index < -0.39 is 0 Å². The van der Waals surface area contributed by atoms with Crippen LogP contribution < -0.4 is 0 Å². The first-order valence-corrected chi connectivity index (χ1v) is 4.83. The Morgan fingerprint density at radius 1 is 1.54 bits per heavy atom. The van der Waals surface area contributed by atoms with Gasteiger partial charge in [0.05, 0.1) is 0 Å². The van der Waals surface area contributed by atoms with Crippen LogP contribution in [-0.4, -0.2) is 23.7 Å². The van der Waals surface area contributed by atoms with Crippen molar-refractivity contribution in [2.75, 3.05) is 6.54 Å². The van der Waals surface area contributed by atoms with Gasteiger partial charge in [-0.2, -0.15) is 0 Å². The van der Waals surface area contributed by atoms with Crippen molar-refractivity contribution in [1.29, 1.82) is 5.41 Å². The van der Waals surface area contributed by atoms with Crippen molar-refractivity contribution in [3.05, 3.63) is 23.9 Å². The summed E-state index contributed by atoms with van der Waals surface area (Å²) < 4.78 is 0. The van der Waals surface area contributed by atoms with E-state index in [1.54, 1.807) is 0 Å². The van der Waals surface area contributed by atoms with Gasteiger partial charge in [-0.25, -0.2) is 0 Å². The second kappa shape index (κ2) is 4.26. The number of nitrogens with one attached hydrogen (secondary N) is 1. The maximum absolute atomic E-state index is 7.30. The van der Waals surface area contributed by atoms with Crippen molar-refractivity contribution in [3.8, 4) is 0 Å². The van der Waals surface area contributed by atoms with Gasteiger partial charge in [-0.1, -0.05) is 6.58 Å². The highest BCUT2D eigenvalue weighted by molar-refractivity contribution is 5.77. The van der Waals surface area contributed by atoms with E-state index in [1.807, 2.05) is 6.08 Å². The molecule has 0 spiro atoms. The lowest BCUT2D eigenvalue weighted by atomic mass is 10.0. The zero-order valence-electron chi connectivity index (χ0n) is 8.51. The molecule has 1 heterocycles. The van der Waals surface area contributed by atoms with Gasteiger partial charge < -0.3 is 10.3 Å². The average Bonchev–Trinajstić information content (AvgIpc) is 2.16. The standard InChI is InChI=1S/C11H18N2/c1-4-11-10(8-12)6-5-7-13(11)9(2)3/h4,8-9,12H,1,5-7H2,2-3H3. The Labute approximate surface area is 80.4 Å². The van der Waals surface area contributed by atoms with Crippen molar-refractivity contribution in [1.82, 2.24) is 4.90 Å². The lowest BCUT2D eigenvalue weighted by Gasteiger charge is -2.34. The van der Waals surface area contributed by atoms with Crippen LogP contribution in [0.3, 0.4) is 0 Å². The van der Waals surface area contributed by atoms with E-state index in [4.69, 9.17) is 5.41 Å². The highest BCUT2D eigenvalue weighted by Crippen LogP contribution is 2.23. The molecule has 1 aliphatic rings. The van der Waals surface area contributed by atoms with Crippen LogP contribution in [0.4, 0.5) is 0 Å². The minimum Gasteiger partial charge on any atom is -0.369 e. The summed E-state index contributed by atoms with van der Waals surface area (Å²) in [5, 5.41) is 7.30. The SMILES string of the molecule is C=CC1=C(C=N)CCCN1C(C)C. The second-order valence-corrected chi connectivity index (χ2v) is 3.65. The van der Waals surface area contributed by atoms with Crippen LogP contribution in [-0.2, 0) is 0 Å². The van der Waals surface area contributed by atoms with Crippen LogP contribution >= 0.6 is 0 Å². The van der Waals surface area contributed by atoms with E-state index in [1.165, 1.54) is 6.21 Å². The van der Waals surface area contributed by atoms with Crippen LogP contribution in [0, 0.1) is 5.41 Å². The molecule has 0 amide bonds. The third-order valence-electron chi connectivity index (χ3n) is 2.47. The monoisotopic (exact) mass is 178 g/mol. The number of nitrogens with zero attached hydrogens (tertiary/aromatic N) is 1. The molecule has 0 bridgehead atoms. The van der Waals surface area contributed by atoms with Crippen LogP contribution in [0.5, 0.6) is 0 Å². The molecule has 0 fully saturated rings. The Hall–Kier alpha value is -1.05.